The highest BCUT2D eigenvalue weighted by Gasteiger charge is 2.41. The summed E-state index contributed by atoms with van der Waals surface area (Å²) in [6, 6.07) is 6.31. The van der Waals surface area contributed by atoms with Gasteiger partial charge in [-0.15, -0.1) is 0 Å². The molecule has 0 saturated heterocycles. The highest BCUT2D eigenvalue weighted by atomic mass is 19.4. The molecule has 1 heterocycles. The summed E-state index contributed by atoms with van der Waals surface area (Å²) in [7, 11) is 1.46. The molecule has 0 saturated carbocycles. The molecule has 0 amide bonds. The molecule has 0 fully saturated rings. The molecular weight excluding hydrogens is 356 g/mol. The van der Waals surface area contributed by atoms with E-state index >= 15 is 0 Å². The Morgan fingerprint density at radius 1 is 1.38 bits per heavy atom. The molecule has 0 aliphatic rings. The van der Waals surface area contributed by atoms with Crippen LogP contribution in [0.4, 0.5) is 17.6 Å². The maximum atomic E-state index is 13.7. The lowest BCUT2D eigenvalue weighted by molar-refractivity contribution is -0.141. The number of halogens is 4. The van der Waals surface area contributed by atoms with Crippen molar-refractivity contribution in [1.82, 2.24) is 9.78 Å². The van der Waals surface area contributed by atoms with E-state index in [9.17, 15) is 22.4 Å². The Labute approximate surface area is 145 Å². The van der Waals surface area contributed by atoms with E-state index in [1.54, 1.807) is 24.3 Å². The Kier molecular flexibility index (Phi) is 5.44. The second-order valence-electron chi connectivity index (χ2n) is 5.12. The Morgan fingerprint density at radius 2 is 2.00 bits per heavy atom. The van der Waals surface area contributed by atoms with Crippen LogP contribution in [0.25, 0.3) is 5.83 Å². The molecule has 0 aliphatic heterocycles. The second-order valence-corrected chi connectivity index (χ2v) is 5.12. The van der Waals surface area contributed by atoms with Gasteiger partial charge in [-0.3, -0.25) is 9.48 Å². The van der Waals surface area contributed by atoms with Crippen LogP contribution < -0.4 is 10.6 Å². The number of methoxy groups -OCH3 is 1. The first kappa shape index (κ1) is 19.2. The Balaban J connectivity index is 2.62. The molecule has 0 spiro atoms. The number of ether oxygens (including phenoxy) is 1. The third kappa shape index (κ3) is 3.90. The number of hydrogen-bond donors (Lipinski definition) is 1. The van der Waals surface area contributed by atoms with E-state index in [4.69, 9.17) is 10.6 Å². The number of nitrogens with zero attached hydrogens (tertiary/aromatic N) is 3. The third-order valence-electron chi connectivity index (χ3n) is 3.41. The summed E-state index contributed by atoms with van der Waals surface area (Å²) in [6.07, 6.45) is -4.40. The molecular formula is C16H14F4N4O2. The minimum absolute atomic E-state index is 0.222. The van der Waals surface area contributed by atoms with Crippen LogP contribution in [0.3, 0.4) is 0 Å². The van der Waals surface area contributed by atoms with Gasteiger partial charge in [-0.25, -0.2) is 4.39 Å². The maximum Gasteiger partial charge on any atom is 0.435 e. The van der Waals surface area contributed by atoms with Gasteiger partial charge in [0.25, 0.3) is 0 Å². The maximum absolute atomic E-state index is 13.7. The van der Waals surface area contributed by atoms with Crippen molar-refractivity contribution in [3.63, 3.8) is 0 Å². The number of Topliss-reactive ketones (excluding diaryl/α,β-unsaturated/α-hetero) is 1. The molecule has 138 valence electrons. The van der Waals surface area contributed by atoms with Crippen molar-refractivity contribution >= 4 is 17.8 Å². The van der Waals surface area contributed by atoms with Gasteiger partial charge in [0.15, 0.2) is 5.69 Å². The van der Waals surface area contributed by atoms with Crippen LogP contribution in [0.1, 0.15) is 27.3 Å². The molecule has 10 heteroatoms. The van der Waals surface area contributed by atoms with E-state index in [-0.39, 0.29) is 6.54 Å². The number of hydrazone groups is 1. The van der Waals surface area contributed by atoms with Crippen molar-refractivity contribution in [3.05, 3.63) is 53.4 Å². The van der Waals surface area contributed by atoms with Crippen LogP contribution >= 0.6 is 0 Å². The van der Waals surface area contributed by atoms with Gasteiger partial charge in [-0.05, 0) is 17.7 Å². The molecule has 1 aromatic carbocycles. The number of alkyl halides is 3. The molecule has 2 N–H and O–H groups in total. The van der Waals surface area contributed by atoms with E-state index < -0.39 is 34.7 Å². The smallest absolute Gasteiger partial charge is 0.435 e. The van der Waals surface area contributed by atoms with Gasteiger partial charge in [0.05, 0.1) is 25.4 Å². The minimum atomic E-state index is -4.98. The van der Waals surface area contributed by atoms with E-state index in [1.165, 1.54) is 7.11 Å². The van der Waals surface area contributed by atoms with Crippen LogP contribution in [0.5, 0.6) is 5.75 Å². The number of rotatable bonds is 6. The first-order valence-corrected chi connectivity index (χ1v) is 7.12. The molecule has 0 aliphatic carbocycles. The zero-order valence-corrected chi connectivity index (χ0v) is 13.5. The molecule has 2 rings (SSSR count). The molecule has 0 unspecified atom stereocenters. The fourth-order valence-electron chi connectivity index (χ4n) is 2.31. The lowest BCUT2D eigenvalue weighted by atomic mass is 10.1. The molecule has 0 atom stereocenters. The second kappa shape index (κ2) is 7.38. The van der Waals surface area contributed by atoms with Crippen molar-refractivity contribution in [3.8, 4) is 5.75 Å². The topological polar surface area (TPSA) is 82.5 Å². The van der Waals surface area contributed by atoms with Crippen molar-refractivity contribution in [2.45, 2.75) is 12.7 Å². The number of carbonyl (C=O) groups excluding carboxylic acids is 1. The van der Waals surface area contributed by atoms with Crippen LogP contribution in [0, 0.1) is 0 Å². The zero-order valence-electron chi connectivity index (χ0n) is 13.5. The summed E-state index contributed by atoms with van der Waals surface area (Å²) in [5.74, 6) is 2.96. The van der Waals surface area contributed by atoms with Gasteiger partial charge in [-0.1, -0.05) is 18.7 Å². The zero-order chi connectivity index (χ0) is 19.5. The van der Waals surface area contributed by atoms with Crippen LogP contribution in [-0.2, 0) is 12.7 Å². The summed E-state index contributed by atoms with van der Waals surface area (Å²) in [4.78, 5) is 12.1. The predicted molar refractivity (Wildman–Crippen MR) is 86.5 cm³/mol. The van der Waals surface area contributed by atoms with E-state index in [2.05, 4.69) is 16.8 Å². The van der Waals surface area contributed by atoms with Gasteiger partial charge < -0.3 is 10.6 Å². The summed E-state index contributed by atoms with van der Waals surface area (Å²) in [5.41, 5.74) is -2.71. The molecule has 0 bridgehead atoms. The quantitative estimate of drug-likeness (QED) is 0.279. The number of hydrogen-bond acceptors (Lipinski definition) is 5. The Hall–Kier alpha value is -3.17. The van der Waals surface area contributed by atoms with Crippen molar-refractivity contribution in [2.24, 2.45) is 10.9 Å². The van der Waals surface area contributed by atoms with Gasteiger partial charge in [-0.2, -0.15) is 23.4 Å². The molecule has 26 heavy (non-hydrogen) atoms. The standard InChI is InChI=1S/C16H14F4N4O2/c1-9(17)13-14(12(25)7-22-21)24(23-15(13)16(18,19)20)8-10-3-5-11(26-2)6-4-10/h3-7H,1,8,21H2,2H3. The summed E-state index contributed by atoms with van der Waals surface area (Å²) in [6.45, 7) is 2.66. The SMILES string of the molecule is C=C(F)c1c(C(F)(F)F)nn(Cc2ccc(OC)cc2)c1C(=O)C=NN. The van der Waals surface area contributed by atoms with Gasteiger partial charge >= 0.3 is 6.18 Å². The largest absolute Gasteiger partial charge is 0.497 e. The summed E-state index contributed by atoms with van der Waals surface area (Å²) >= 11 is 0. The Bertz CT molecular complexity index is 854. The van der Waals surface area contributed by atoms with Crippen molar-refractivity contribution in [1.29, 1.82) is 0 Å². The highest BCUT2D eigenvalue weighted by Crippen LogP contribution is 2.36. The predicted octanol–water partition coefficient (Wildman–Crippen LogP) is 3.03. The lowest BCUT2D eigenvalue weighted by Gasteiger charge is -2.07. The van der Waals surface area contributed by atoms with Crippen LogP contribution in [-0.4, -0.2) is 28.9 Å². The lowest BCUT2D eigenvalue weighted by Crippen LogP contribution is -2.14. The van der Waals surface area contributed by atoms with Crippen LogP contribution in [0.2, 0.25) is 0 Å². The normalized spacial score (nSPS) is 11.7. The average molecular weight is 370 g/mol. The monoisotopic (exact) mass is 370 g/mol. The number of nitrogens with two attached hydrogens (primary N) is 1. The fourth-order valence-corrected chi connectivity index (χ4v) is 2.31. The van der Waals surface area contributed by atoms with E-state index in [0.29, 0.717) is 17.5 Å². The third-order valence-corrected chi connectivity index (χ3v) is 3.41. The summed E-state index contributed by atoms with van der Waals surface area (Å²) < 4.78 is 59.1. The highest BCUT2D eigenvalue weighted by molar-refractivity contribution is 6.35. The van der Waals surface area contributed by atoms with Crippen molar-refractivity contribution < 1.29 is 27.1 Å². The number of benzene rings is 1. The fraction of sp³-hybridized carbons (Fsp3) is 0.188. The number of aromatic nitrogens is 2. The number of ketones is 1. The molecule has 2 aromatic rings. The van der Waals surface area contributed by atoms with Gasteiger partial charge in [0, 0.05) is 0 Å². The van der Waals surface area contributed by atoms with Crippen molar-refractivity contribution in [2.75, 3.05) is 7.11 Å². The van der Waals surface area contributed by atoms with Gasteiger partial charge in [0.2, 0.25) is 5.78 Å². The average Bonchev–Trinajstić information content (AvgIpc) is 2.95. The molecule has 6 nitrogen and oxygen atoms in total. The first-order chi connectivity index (χ1) is 12.2. The van der Waals surface area contributed by atoms with E-state index in [1.807, 2.05) is 0 Å². The summed E-state index contributed by atoms with van der Waals surface area (Å²) in [5, 5.41) is 6.37. The molecule has 1 aromatic heterocycles. The minimum Gasteiger partial charge on any atom is -0.497 e. The number of carbonyl (C=O) groups is 1. The van der Waals surface area contributed by atoms with E-state index in [0.717, 1.165) is 4.68 Å². The van der Waals surface area contributed by atoms with Gasteiger partial charge in [0.1, 0.15) is 17.3 Å². The Morgan fingerprint density at radius 3 is 2.46 bits per heavy atom. The van der Waals surface area contributed by atoms with Crippen LogP contribution in [0.15, 0.2) is 35.9 Å². The first-order valence-electron chi connectivity index (χ1n) is 7.12. The molecule has 0 radical (unpaired) electrons.